The van der Waals surface area contributed by atoms with Crippen LogP contribution in [0.3, 0.4) is 0 Å². The fraction of sp³-hybridized carbons (Fsp3) is 0.350. The Hall–Kier alpha value is -2.29. The topological polar surface area (TPSA) is 55.1 Å². The van der Waals surface area contributed by atoms with E-state index in [4.69, 9.17) is 5.73 Å². The molecule has 1 amide bonds. The van der Waals surface area contributed by atoms with Gasteiger partial charge in [-0.1, -0.05) is 30.3 Å². The molecule has 0 atom stereocenters. The van der Waals surface area contributed by atoms with Crippen LogP contribution in [-0.4, -0.2) is 12.5 Å². The predicted molar refractivity (Wildman–Crippen MR) is 94.4 cm³/mol. The van der Waals surface area contributed by atoms with E-state index in [1.54, 1.807) is 0 Å². The highest BCUT2D eigenvalue weighted by Crippen LogP contribution is 2.22. The minimum atomic E-state index is 0.0937. The normalized spacial score (nSPS) is 13.4. The van der Waals surface area contributed by atoms with Crippen LogP contribution in [0.15, 0.2) is 42.5 Å². The third-order valence-corrected chi connectivity index (χ3v) is 4.49. The fourth-order valence-electron chi connectivity index (χ4n) is 3.18. The molecule has 1 aliphatic carbocycles. The Morgan fingerprint density at radius 2 is 1.65 bits per heavy atom. The molecular weight excluding hydrogens is 284 g/mol. The molecule has 0 heterocycles. The lowest BCUT2D eigenvalue weighted by Crippen LogP contribution is -2.27. The first kappa shape index (κ1) is 15.6. The van der Waals surface area contributed by atoms with Crippen molar-refractivity contribution in [3.63, 3.8) is 0 Å². The van der Waals surface area contributed by atoms with Crippen LogP contribution in [-0.2, 0) is 30.5 Å². The molecule has 120 valence electrons. The Bertz CT molecular complexity index is 677. The van der Waals surface area contributed by atoms with E-state index in [-0.39, 0.29) is 5.91 Å². The summed E-state index contributed by atoms with van der Waals surface area (Å²) >= 11 is 0. The molecule has 0 radical (unpaired) electrons. The first-order valence-electron chi connectivity index (χ1n) is 8.42. The molecule has 3 rings (SSSR count). The number of nitrogens with one attached hydrogen (secondary N) is 1. The van der Waals surface area contributed by atoms with Gasteiger partial charge in [0, 0.05) is 12.2 Å². The van der Waals surface area contributed by atoms with E-state index >= 15 is 0 Å². The predicted octanol–water partition coefficient (Wildman–Crippen LogP) is 3.05. The van der Waals surface area contributed by atoms with Crippen molar-refractivity contribution < 1.29 is 4.79 Å². The first-order valence-corrected chi connectivity index (χ1v) is 8.42. The molecule has 1 aliphatic rings. The van der Waals surface area contributed by atoms with E-state index in [9.17, 15) is 4.79 Å². The van der Waals surface area contributed by atoms with Crippen LogP contribution in [0.5, 0.6) is 0 Å². The molecular formula is C20H24N2O. The molecule has 2 aromatic rings. The van der Waals surface area contributed by atoms with Crippen molar-refractivity contribution in [2.75, 3.05) is 12.3 Å². The SMILES string of the molecule is Nc1ccc(CCNC(=O)Cc2ccc3c(c2)CCCC3)cc1. The van der Waals surface area contributed by atoms with Crippen molar-refractivity contribution in [2.24, 2.45) is 0 Å². The number of anilines is 1. The minimum Gasteiger partial charge on any atom is -0.399 e. The minimum absolute atomic E-state index is 0.0937. The van der Waals surface area contributed by atoms with Crippen LogP contribution in [0.25, 0.3) is 0 Å². The highest BCUT2D eigenvalue weighted by atomic mass is 16.1. The molecule has 0 saturated carbocycles. The molecule has 23 heavy (non-hydrogen) atoms. The number of hydrogen-bond donors (Lipinski definition) is 2. The van der Waals surface area contributed by atoms with Crippen LogP contribution in [0, 0.1) is 0 Å². The summed E-state index contributed by atoms with van der Waals surface area (Å²) in [5, 5.41) is 3.00. The number of aryl methyl sites for hydroxylation is 2. The van der Waals surface area contributed by atoms with Gasteiger partial charge in [0.2, 0.25) is 5.91 Å². The van der Waals surface area contributed by atoms with Gasteiger partial charge in [0.15, 0.2) is 0 Å². The second-order valence-electron chi connectivity index (χ2n) is 6.33. The summed E-state index contributed by atoms with van der Waals surface area (Å²) in [6.45, 7) is 0.660. The zero-order chi connectivity index (χ0) is 16.1. The molecule has 3 heteroatoms. The van der Waals surface area contributed by atoms with Gasteiger partial charge in [-0.25, -0.2) is 0 Å². The van der Waals surface area contributed by atoms with E-state index in [0.717, 1.165) is 24.1 Å². The summed E-state index contributed by atoms with van der Waals surface area (Å²) in [4.78, 5) is 12.1. The molecule has 3 N–H and O–H groups in total. The summed E-state index contributed by atoms with van der Waals surface area (Å²) in [6, 6.07) is 14.3. The van der Waals surface area contributed by atoms with Crippen molar-refractivity contribution in [2.45, 2.75) is 38.5 Å². The van der Waals surface area contributed by atoms with Gasteiger partial charge in [0.25, 0.3) is 0 Å². The zero-order valence-electron chi connectivity index (χ0n) is 13.5. The van der Waals surface area contributed by atoms with Crippen molar-refractivity contribution in [3.8, 4) is 0 Å². The first-order chi connectivity index (χ1) is 11.2. The number of amides is 1. The second-order valence-corrected chi connectivity index (χ2v) is 6.33. The lowest BCUT2D eigenvalue weighted by atomic mass is 9.90. The van der Waals surface area contributed by atoms with Crippen molar-refractivity contribution in [1.82, 2.24) is 5.32 Å². The molecule has 0 fully saturated rings. The number of carbonyl (C=O) groups is 1. The maximum Gasteiger partial charge on any atom is 0.224 e. The van der Waals surface area contributed by atoms with Crippen LogP contribution in [0.4, 0.5) is 5.69 Å². The third-order valence-electron chi connectivity index (χ3n) is 4.49. The number of hydrogen-bond acceptors (Lipinski definition) is 2. The molecule has 0 saturated heterocycles. The van der Waals surface area contributed by atoms with Crippen LogP contribution >= 0.6 is 0 Å². The molecule has 0 bridgehead atoms. The van der Waals surface area contributed by atoms with Gasteiger partial charge in [-0.05, 0) is 66.5 Å². The van der Waals surface area contributed by atoms with Gasteiger partial charge < -0.3 is 11.1 Å². The molecule has 0 aromatic heterocycles. The van der Waals surface area contributed by atoms with E-state index in [0.29, 0.717) is 13.0 Å². The number of rotatable bonds is 5. The average Bonchev–Trinajstić information content (AvgIpc) is 2.56. The third kappa shape index (κ3) is 4.35. The van der Waals surface area contributed by atoms with Gasteiger partial charge >= 0.3 is 0 Å². The maximum atomic E-state index is 12.1. The van der Waals surface area contributed by atoms with Crippen LogP contribution in [0.1, 0.15) is 35.1 Å². The molecule has 0 aliphatic heterocycles. The lowest BCUT2D eigenvalue weighted by molar-refractivity contribution is -0.120. The summed E-state index contributed by atoms with van der Waals surface area (Å²) in [5.74, 6) is 0.0937. The standard InChI is InChI=1S/C20H24N2O/c21-19-9-6-15(7-10-19)11-12-22-20(23)14-16-5-8-17-3-1-2-4-18(17)13-16/h5-10,13H,1-4,11-12,14,21H2,(H,22,23). The maximum absolute atomic E-state index is 12.1. The van der Waals surface area contributed by atoms with E-state index in [1.165, 1.54) is 36.0 Å². The Labute approximate surface area is 137 Å². The van der Waals surface area contributed by atoms with Crippen molar-refractivity contribution >= 4 is 11.6 Å². The Morgan fingerprint density at radius 3 is 2.43 bits per heavy atom. The summed E-state index contributed by atoms with van der Waals surface area (Å²) in [5.41, 5.74) is 11.6. The number of nitrogens with two attached hydrogens (primary N) is 1. The monoisotopic (exact) mass is 308 g/mol. The van der Waals surface area contributed by atoms with Gasteiger partial charge in [-0.15, -0.1) is 0 Å². The van der Waals surface area contributed by atoms with Crippen LogP contribution in [0.2, 0.25) is 0 Å². The Balaban J connectivity index is 1.48. The molecule has 0 unspecified atom stereocenters. The number of fused-ring (bicyclic) bond motifs is 1. The lowest BCUT2D eigenvalue weighted by Gasteiger charge is -2.16. The Kier molecular flexibility index (Phi) is 4.96. The van der Waals surface area contributed by atoms with Gasteiger partial charge in [0.1, 0.15) is 0 Å². The number of carbonyl (C=O) groups excluding carboxylic acids is 1. The zero-order valence-corrected chi connectivity index (χ0v) is 13.5. The van der Waals surface area contributed by atoms with E-state index in [1.807, 2.05) is 24.3 Å². The Morgan fingerprint density at radius 1 is 0.957 bits per heavy atom. The van der Waals surface area contributed by atoms with Crippen molar-refractivity contribution in [1.29, 1.82) is 0 Å². The van der Waals surface area contributed by atoms with E-state index in [2.05, 4.69) is 23.5 Å². The number of nitrogen functional groups attached to an aromatic ring is 1. The van der Waals surface area contributed by atoms with Crippen molar-refractivity contribution in [3.05, 3.63) is 64.7 Å². The summed E-state index contributed by atoms with van der Waals surface area (Å²) < 4.78 is 0. The summed E-state index contributed by atoms with van der Waals surface area (Å²) in [6.07, 6.45) is 6.19. The average molecular weight is 308 g/mol. The molecule has 3 nitrogen and oxygen atoms in total. The van der Waals surface area contributed by atoms with Gasteiger partial charge in [-0.2, -0.15) is 0 Å². The number of benzene rings is 2. The summed E-state index contributed by atoms with van der Waals surface area (Å²) in [7, 11) is 0. The molecule has 2 aromatic carbocycles. The largest absolute Gasteiger partial charge is 0.399 e. The quantitative estimate of drug-likeness (QED) is 0.834. The molecule has 0 spiro atoms. The van der Waals surface area contributed by atoms with Gasteiger partial charge in [0.05, 0.1) is 6.42 Å². The smallest absolute Gasteiger partial charge is 0.224 e. The van der Waals surface area contributed by atoms with E-state index < -0.39 is 0 Å². The fourth-order valence-corrected chi connectivity index (χ4v) is 3.18. The van der Waals surface area contributed by atoms with Crippen LogP contribution < -0.4 is 11.1 Å². The second kappa shape index (κ2) is 7.32. The highest BCUT2D eigenvalue weighted by molar-refractivity contribution is 5.78. The highest BCUT2D eigenvalue weighted by Gasteiger charge is 2.11. The van der Waals surface area contributed by atoms with Gasteiger partial charge in [-0.3, -0.25) is 4.79 Å².